The van der Waals surface area contributed by atoms with Gasteiger partial charge in [-0.25, -0.2) is 0 Å². The fourth-order valence-electron chi connectivity index (χ4n) is 2.74. The Morgan fingerprint density at radius 1 is 0.636 bits per heavy atom. The van der Waals surface area contributed by atoms with E-state index in [0.717, 1.165) is 11.1 Å². The summed E-state index contributed by atoms with van der Waals surface area (Å²) in [5.74, 6) is -0.149. The molecule has 1 aromatic carbocycles. The van der Waals surface area contributed by atoms with Gasteiger partial charge < -0.3 is 0 Å². The number of rotatable bonds is 2. The third-order valence-corrected chi connectivity index (χ3v) is 5.11. The summed E-state index contributed by atoms with van der Waals surface area (Å²) >= 11 is 3.04. The molecule has 0 atom stereocenters. The molecule has 0 aliphatic heterocycles. The van der Waals surface area contributed by atoms with Crippen molar-refractivity contribution in [2.24, 2.45) is 0 Å². The monoisotopic (exact) mass is 322 g/mol. The number of hydrogen-bond donors (Lipinski definition) is 0. The van der Waals surface area contributed by atoms with Crippen LogP contribution < -0.4 is 0 Å². The van der Waals surface area contributed by atoms with Gasteiger partial charge in [0.1, 0.15) is 0 Å². The van der Waals surface area contributed by atoms with Gasteiger partial charge in [0.15, 0.2) is 11.6 Å². The van der Waals surface area contributed by atoms with Crippen molar-refractivity contribution in [1.29, 1.82) is 0 Å². The number of carbonyl (C=O) groups is 2. The van der Waals surface area contributed by atoms with E-state index in [1.807, 2.05) is 33.7 Å². The van der Waals surface area contributed by atoms with Crippen LogP contribution in [0.5, 0.6) is 0 Å². The minimum absolute atomic E-state index is 0.0743. The highest BCUT2D eigenvalue weighted by Gasteiger charge is 2.33. The highest BCUT2D eigenvalue weighted by Crippen LogP contribution is 2.38. The first kappa shape index (κ1) is 13.4. The summed E-state index contributed by atoms with van der Waals surface area (Å²) in [5.41, 5.74) is 3.66. The summed E-state index contributed by atoms with van der Waals surface area (Å²) in [6.07, 6.45) is 0. The Balaban J connectivity index is 2.06. The lowest BCUT2D eigenvalue weighted by atomic mass is 9.80. The molecule has 0 radical (unpaired) electrons. The van der Waals surface area contributed by atoms with Crippen molar-refractivity contribution in [3.05, 3.63) is 80.2 Å². The van der Waals surface area contributed by atoms with Crippen molar-refractivity contribution in [3.8, 4) is 0 Å². The largest absolute Gasteiger partial charge is 0.289 e. The Bertz CT molecular complexity index is 825. The maximum Gasteiger partial charge on any atom is 0.195 e. The number of carbonyl (C=O) groups excluding carboxylic acids is 2. The van der Waals surface area contributed by atoms with E-state index >= 15 is 0 Å². The lowest BCUT2D eigenvalue weighted by Gasteiger charge is -2.20. The van der Waals surface area contributed by atoms with E-state index < -0.39 is 0 Å². The van der Waals surface area contributed by atoms with Crippen molar-refractivity contribution in [2.45, 2.75) is 0 Å². The Hall–Kier alpha value is -2.30. The zero-order valence-corrected chi connectivity index (χ0v) is 13.0. The molecule has 0 saturated carbocycles. The fourth-order valence-corrected chi connectivity index (χ4v) is 4.03. The van der Waals surface area contributed by atoms with E-state index in [-0.39, 0.29) is 11.6 Å². The van der Waals surface area contributed by atoms with E-state index in [1.54, 1.807) is 24.3 Å². The highest BCUT2D eigenvalue weighted by molar-refractivity contribution is 7.08. The number of ketones is 2. The predicted octanol–water partition coefficient (Wildman–Crippen LogP) is 4.80. The van der Waals surface area contributed by atoms with Gasteiger partial charge in [0, 0.05) is 22.3 Å². The van der Waals surface area contributed by atoms with Crippen LogP contribution in [0.25, 0.3) is 11.1 Å². The summed E-state index contributed by atoms with van der Waals surface area (Å²) in [6.45, 7) is 0. The van der Waals surface area contributed by atoms with Crippen molar-refractivity contribution >= 4 is 45.4 Å². The summed E-state index contributed by atoms with van der Waals surface area (Å²) in [7, 11) is 0. The molecule has 22 heavy (non-hydrogen) atoms. The standard InChI is InChI=1S/C18H10O2S2/c19-17-13-3-1-2-4-14(13)18(20)16(12-6-8-22-10-12)15(17)11-5-7-21-9-11/h1-10H. The van der Waals surface area contributed by atoms with Gasteiger partial charge in [0.2, 0.25) is 0 Å². The maximum atomic E-state index is 13.0. The van der Waals surface area contributed by atoms with Crippen LogP contribution in [0.2, 0.25) is 0 Å². The molecule has 0 fully saturated rings. The normalized spacial score (nSPS) is 14.4. The quantitative estimate of drug-likeness (QED) is 0.679. The summed E-state index contributed by atoms with van der Waals surface area (Å²) in [6, 6.07) is 10.8. The van der Waals surface area contributed by atoms with E-state index in [1.165, 1.54) is 22.7 Å². The fraction of sp³-hybridized carbons (Fsp3) is 0. The van der Waals surface area contributed by atoms with Crippen LogP contribution in [0, 0.1) is 0 Å². The SMILES string of the molecule is O=C1C(c2ccsc2)=C(c2ccsc2)C(=O)c2ccccc21. The first-order valence-electron chi connectivity index (χ1n) is 6.75. The molecule has 1 aliphatic rings. The predicted molar refractivity (Wildman–Crippen MR) is 90.6 cm³/mol. The molecule has 0 bridgehead atoms. The number of thiophene rings is 2. The van der Waals surface area contributed by atoms with E-state index in [0.29, 0.717) is 22.3 Å². The number of Topliss-reactive ketones (excluding diaryl/α,β-unsaturated/α-hetero) is 2. The number of benzene rings is 1. The van der Waals surface area contributed by atoms with Gasteiger partial charge in [-0.1, -0.05) is 24.3 Å². The Labute approximate surface area is 135 Å². The minimum Gasteiger partial charge on any atom is -0.289 e. The number of allylic oxidation sites excluding steroid dienone is 2. The van der Waals surface area contributed by atoms with Crippen LogP contribution in [0.15, 0.2) is 57.9 Å². The molecular formula is C18H10O2S2. The lowest BCUT2D eigenvalue weighted by molar-refractivity contribution is 0.101. The molecule has 4 rings (SSSR count). The van der Waals surface area contributed by atoms with Gasteiger partial charge in [-0.3, -0.25) is 9.59 Å². The van der Waals surface area contributed by atoms with Gasteiger partial charge in [-0.05, 0) is 44.8 Å². The number of hydrogen-bond acceptors (Lipinski definition) is 4. The summed E-state index contributed by atoms with van der Waals surface area (Å²) in [5, 5.41) is 7.68. The second-order valence-electron chi connectivity index (χ2n) is 4.98. The van der Waals surface area contributed by atoms with Gasteiger partial charge >= 0.3 is 0 Å². The Kier molecular flexibility index (Phi) is 3.13. The molecule has 3 aromatic rings. The summed E-state index contributed by atoms with van der Waals surface area (Å²) < 4.78 is 0. The van der Waals surface area contributed by atoms with Crippen LogP contribution in [-0.4, -0.2) is 11.6 Å². The molecule has 0 amide bonds. The van der Waals surface area contributed by atoms with E-state index in [4.69, 9.17) is 0 Å². The van der Waals surface area contributed by atoms with Crippen molar-refractivity contribution in [1.82, 2.24) is 0 Å². The second-order valence-corrected chi connectivity index (χ2v) is 6.54. The summed E-state index contributed by atoms with van der Waals surface area (Å²) in [4.78, 5) is 25.9. The van der Waals surface area contributed by atoms with Crippen molar-refractivity contribution in [2.75, 3.05) is 0 Å². The first-order valence-corrected chi connectivity index (χ1v) is 8.64. The van der Waals surface area contributed by atoms with Gasteiger partial charge in [-0.15, -0.1) is 0 Å². The van der Waals surface area contributed by atoms with E-state index in [2.05, 4.69) is 0 Å². The van der Waals surface area contributed by atoms with E-state index in [9.17, 15) is 9.59 Å². The molecule has 2 nitrogen and oxygen atoms in total. The average molecular weight is 322 g/mol. The second kappa shape index (κ2) is 5.16. The molecule has 0 spiro atoms. The molecule has 4 heteroatoms. The molecular weight excluding hydrogens is 312 g/mol. The smallest absolute Gasteiger partial charge is 0.195 e. The zero-order valence-electron chi connectivity index (χ0n) is 11.4. The van der Waals surface area contributed by atoms with Crippen molar-refractivity contribution < 1.29 is 9.59 Å². The topological polar surface area (TPSA) is 34.1 Å². The van der Waals surface area contributed by atoms with Crippen molar-refractivity contribution in [3.63, 3.8) is 0 Å². The average Bonchev–Trinajstić information content (AvgIpc) is 3.23. The lowest BCUT2D eigenvalue weighted by Crippen LogP contribution is -2.20. The molecule has 0 saturated heterocycles. The van der Waals surface area contributed by atoms with Crippen LogP contribution >= 0.6 is 22.7 Å². The van der Waals surface area contributed by atoms with Gasteiger partial charge in [-0.2, -0.15) is 22.7 Å². The third-order valence-electron chi connectivity index (χ3n) is 3.74. The van der Waals surface area contributed by atoms with Gasteiger partial charge in [0.25, 0.3) is 0 Å². The Morgan fingerprint density at radius 2 is 1.09 bits per heavy atom. The maximum absolute atomic E-state index is 13.0. The minimum atomic E-state index is -0.0743. The molecule has 2 aromatic heterocycles. The molecule has 1 aliphatic carbocycles. The van der Waals surface area contributed by atoms with Crippen LogP contribution in [0.4, 0.5) is 0 Å². The highest BCUT2D eigenvalue weighted by atomic mass is 32.1. The molecule has 0 N–H and O–H groups in total. The van der Waals surface area contributed by atoms with Gasteiger partial charge in [0.05, 0.1) is 0 Å². The third kappa shape index (κ3) is 1.92. The van der Waals surface area contributed by atoms with Crippen LogP contribution in [0.3, 0.4) is 0 Å². The first-order chi connectivity index (χ1) is 10.8. The zero-order chi connectivity index (χ0) is 15.1. The van der Waals surface area contributed by atoms with Crippen LogP contribution in [0.1, 0.15) is 31.8 Å². The number of fused-ring (bicyclic) bond motifs is 1. The molecule has 106 valence electrons. The molecule has 2 heterocycles. The molecule has 0 unspecified atom stereocenters. The Morgan fingerprint density at radius 3 is 1.45 bits per heavy atom. The van der Waals surface area contributed by atoms with Crippen LogP contribution in [-0.2, 0) is 0 Å².